The summed E-state index contributed by atoms with van der Waals surface area (Å²) in [5.74, 6) is -0.0468. The van der Waals surface area contributed by atoms with Crippen LogP contribution in [0.4, 0.5) is 0 Å². The van der Waals surface area contributed by atoms with E-state index in [1.54, 1.807) is 18.2 Å². The van der Waals surface area contributed by atoms with Crippen LogP contribution in [0.25, 0.3) is 0 Å². The van der Waals surface area contributed by atoms with Crippen molar-refractivity contribution in [1.82, 2.24) is 0 Å². The second kappa shape index (κ2) is 6.21. The smallest absolute Gasteiger partial charge is 0.193 e. The molecule has 2 rings (SSSR count). The number of halogens is 2. The maximum atomic E-state index is 12.4. The number of rotatable bonds is 4. The zero-order valence-corrected chi connectivity index (χ0v) is 13.9. The predicted octanol–water partition coefficient (Wildman–Crippen LogP) is 5.91. The molecule has 0 atom stereocenters. The Morgan fingerprint density at radius 1 is 0.952 bits per heavy atom. The van der Waals surface area contributed by atoms with E-state index >= 15 is 0 Å². The summed E-state index contributed by atoms with van der Waals surface area (Å²) in [5.41, 5.74) is 2.55. The molecule has 21 heavy (non-hydrogen) atoms. The predicted molar refractivity (Wildman–Crippen MR) is 89.7 cm³/mol. The molecule has 0 aliphatic carbocycles. The third kappa shape index (κ3) is 3.48. The summed E-state index contributed by atoms with van der Waals surface area (Å²) in [6.45, 7) is 6.56. The van der Waals surface area contributed by atoms with Crippen molar-refractivity contribution in [1.29, 1.82) is 0 Å². The molecule has 0 bridgehead atoms. The van der Waals surface area contributed by atoms with Gasteiger partial charge in [0.05, 0.1) is 10.0 Å². The molecule has 0 aliphatic heterocycles. The molecule has 0 saturated carbocycles. The fraction of sp³-hybridized carbons (Fsp3) is 0.278. The van der Waals surface area contributed by atoms with E-state index in [-0.39, 0.29) is 11.2 Å². The fourth-order valence-corrected chi connectivity index (χ4v) is 2.38. The molecule has 0 N–H and O–H groups in total. The average molecular weight is 321 g/mol. The lowest BCUT2D eigenvalue weighted by molar-refractivity contribution is 0.103. The first-order valence-electron chi connectivity index (χ1n) is 6.95. The summed E-state index contributed by atoms with van der Waals surface area (Å²) < 4.78 is 0. The van der Waals surface area contributed by atoms with Crippen molar-refractivity contribution in [3.63, 3.8) is 0 Å². The summed E-state index contributed by atoms with van der Waals surface area (Å²) in [6, 6.07) is 12.7. The maximum Gasteiger partial charge on any atom is 0.193 e. The highest BCUT2D eigenvalue weighted by Gasteiger charge is 2.18. The van der Waals surface area contributed by atoms with Gasteiger partial charge in [-0.1, -0.05) is 68.2 Å². The first kappa shape index (κ1) is 16.1. The van der Waals surface area contributed by atoms with E-state index in [4.69, 9.17) is 23.2 Å². The molecule has 0 saturated heterocycles. The fourth-order valence-electron chi connectivity index (χ4n) is 2.08. The van der Waals surface area contributed by atoms with E-state index in [2.05, 4.69) is 20.8 Å². The van der Waals surface area contributed by atoms with Gasteiger partial charge in [0, 0.05) is 11.1 Å². The third-order valence-electron chi connectivity index (χ3n) is 3.99. The van der Waals surface area contributed by atoms with E-state index in [1.807, 2.05) is 24.3 Å². The first-order valence-corrected chi connectivity index (χ1v) is 7.71. The highest BCUT2D eigenvalue weighted by Crippen LogP contribution is 2.28. The summed E-state index contributed by atoms with van der Waals surface area (Å²) in [6.07, 6.45) is 1.05. The average Bonchev–Trinajstić information content (AvgIpc) is 2.49. The van der Waals surface area contributed by atoms with Gasteiger partial charge in [-0.2, -0.15) is 0 Å². The molecular formula is C18H18Cl2O. The SMILES string of the molecule is CCC(C)(C)c1ccc(C(=O)c2ccc(Cl)c(Cl)c2)cc1. The van der Waals surface area contributed by atoms with Crippen LogP contribution in [-0.2, 0) is 5.41 Å². The van der Waals surface area contributed by atoms with Crippen LogP contribution in [0.3, 0.4) is 0 Å². The Bertz CT molecular complexity index is 657. The van der Waals surface area contributed by atoms with Crippen LogP contribution in [-0.4, -0.2) is 5.78 Å². The summed E-state index contributed by atoms with van der Waals surface area (Å²) in [7, 11) is 0. The number of benzene rings is 2. The number of hydrogen-bond donors (Lipinski definition) is 0. The molecular weight excluding hydrogens is 303 g/mol. The van der Waals surface area contributed by atoms with Crippen LogP contribution < -0.4 is 0 Å². The lowest BCUT2D eigenvalue weighted by Gasteiger charge is -2.23. The van der Waals surface area contributed by atoms with Crippen molar-refractivity contribution >= 4 is 29.0 Å². The van der Waals surface area contributed by atoms with Gasteiger partial charge < -0.3 is 0 Å². The number of ketones is 1. The van der Waals surface area contributed by atoms with E-state index in [0.29, 0.717) is 21.2 Å². The van der Waals surface area contributed by atoms with Crippen molar-refractivity contribution in [3.8, 4) is 0 Å². The Hall–Kier alpha value is -1.31. The monoisotopic (exact) mass is 320 g/mol. The van der Waals surface area contributed by atoms with Crippen molar-refractivity contribution in [2.75, 3.05) is 0 Å². The zero-order valence-electron chi connectivity index (χ0n) is 12.4. The molecule has 0 unspecified atom stereocenters. The van der Waals surface area contributed by atoms with Crippen LogP contribution in [0, 0.1) is 0 Å². The highest BCUT2D eigenvalue weighted by molar-refractivity contribution is 6.42. The molecule has 0 amide bonds. The van der Waals surface area contributed by atoms with Crippen molar-refractivity contribution in [2.45, 2.75) is 32.6 Å². The topological polar surface area (TPSA) is 17.1 Å². The van der Waals surface area contributed by atoms with E-state index in [1.165, 1.54) is 5.56 Å². The molecule has 0 radical (unpaired) electrons. The van der Waals surface area contributed by atoms with E-state index < -0.39 is 0 Å². The van der Waals surface area contributed by atoms with Crippen molar-refractivity contribution < 1.29 is 4.79 Å². The molecule has 110 valence electrons. The minimum atomic E-state index is -0.0468. The van der Waals surface area contributed by atoms with Gasteiger partial charge in [0.25, 0.3) is 0 Å². The van der Waals surface area contributed by atoms with Crippen LogP contribution in [0.5, 0.6) is 0 Å². The van der Waals surface area contributed by atoms with Crippen LogP contribution in [0.2, 0.25) is 10.0 Å². The van der Waals surface area contributed by atoms with Gasteiger partial charge >= 0.3 is 0 Å². The van der Waals surface area contributed by atoms with E-state index in [0.717, 1.165) is 6.42 Å². The van der Waals surface area contributed by atoms with Gasteiger partial charge in [0.1, 0.15) is 0 Å². The summed E-state index contributed by atoms with van der Waals surface area (Å²) >= 11 is 11.8. The number of carbonyl (C=O) groups is 1. The number of hydrogen-bond acceptors (Lipinski definition) is 1. The van der Waals surface area contributed by atoms with E-state index in [9.17, 15) is 4.79 Å². The molecule has 1 nitrogen and oxygen atoms in total. The standard InChI is InChI=1S/C18H18Cl2O/c1-4-18(2,3)14-8-5-12(6-9-14)17(21)13-7-10-15(19)16(20)11-13/h5-11H,4H2,1-3H3. The minimum absolute atomic E-state index is 0.0468. The van der Waals surface area contributed by atoms with Crippen LogP contribution in [0.15, 0.2) is 42.5 Å². The van der Waals surface area contributed by atoms with Crippen LogP contribution >= 0.6 is 23.2 Å². The normalized spacial score (nSPS) is 11.5. The van der Waals surface area contributed by atoms with Gasteiger partial charge in [-0.3, -0.25) is 4.79 Å². The second-order valence-corrected chi connectivity index (χ2v) is 6.59. The summed E-state index contributed by atoms with van der Waals surface area (Å²) in [4.78, 5) is 12.4. The molecule has 0 aromatic heterocycles. The van der Waals surface area contributed by atoms with Crippen molar-refractivity contribution in [2.24, 2.45) is 0 Å². The second-order valence-electron chi connectivity index (χ2n) is 5.77. The molecule has 0 spiro atoms. The molecule has 3 heteroatoms. The van der Waals surface area contributed by atoms with Gasteiger partial charge in [0.2, 0.25) is 0 Å². The Labute approximate surface area is 135 Å². The van der Waals surface area contributed by atoms with Gasteiger partial charge in [-0.15, -0.1) is 0 Å². The molecule has 0 aliphatic rings. The quantitative estimate of drug-likeness (QED) is 0.640. The lowest BCUT2D eigenvalue weighted by Crippen LogP contribution is -2.15. The van der Waals surface area contributed by atoms with Crippen LogP contribution in [0.1, 0.15) is 48.7 Å². The van der Waals surface area contributed by atoms with Gasteiger partial charge in [0.15, 0.2) is 5.78 Å². The largest absolute Gasteiger partial charge is 0.289 e. The lowest BCUT2D eigenvalue weighted by atomic mass is 9.82. The Kier molecular flexibility index (Phi) is 4.75. The van der Waals surface area contributed by atoms with Crippen molar-refractivity contribution in [3.05, 3.63) is 69.2 Å². The Morgan fingerprint density at radius 3 is 2.05 bits per heavy atom. The van der Waals surface area contributed by atoms with Gasteiger partial charge in [-0.05, 0) is 35.6 Å². The van der Waals surface area contributed by atoms with Gasteiger partial charge in [-0.25, -0.2) is 0 Å². The zero-order chi connectivity index (χ0) is 15.6. The molecule has 0 heterocycles. The maximum absolute atomic E-state index is 12.4. The number of carbonyl (C=O) groups excluding carboxylic acids is 1. The molecule has 2 aromatic carbocycles. The highest BCUT2D eigenvalue weighted by atomic mass is 35.5. The molecule has 0 fully saturated rings. The Balaban J connectivity index is 2.30. The molecule has 2 aromatic rings. The minimum Gasteiger partial charge on any atom is -0.289 e. The summed E-state index contributed by atoms with van der Waals surface area (Å²) in [5, 5.41) is 0.847. The Morgan fingerprint density at radius 2 is 1.52 bits per heavy atom. The first-order chi connectivity index (χ1) is 9.85. The third-order valence-corrected chi connectivity index (χ3v) is 4.73.